The molecule has 0 spiro atoms. The number of ether oxygens (including phenoxy) is 1. The van der Waals surface area contributed by atoms with Crippen molar-refractivity contribution in [2.75, 3.05) is 6.61 Å². The van der Waals surface area contributed by atoms with Crippen molar-refractivity contribution in [2.45, 2.75) is 19.2 Å². The van der Waals surface area contributed by atoms with Gasteiger partial charge in [-0.3, -0.25) is 0 Å². The van der Waals surface area contributed by atoms with Gasteiger partial charge >= 0.3 is 6.18 Å². The quantitative estimate of drug-likeness (QED) is 0.943. The number of nitrogens with zero attached hydrogens (tertiary/aromatic N) is 2. The fourth-order valence-electron chi connectivity index (χ4n) is 1.56. The fraction of sp³-hybridized carbons (Fsp3) is 0.286. The maximum atomic E-state index is 12.5. The molecular formula is C14H13F3N2O2. The Bertz CT molecular complexity index is 581. The maximum Gasteiger partial charge on any atom is 0.416 e. The Morgan fingerprint density at radius 1 is 1.14 bits per heavy atom. The van der Waals surface area contributed by atoms with Crippen molar-refractivity contribution in [2.24, 2.45) is 0 Å². The molecule has 2 aromatic rings. The third-order valence-electron chi connectivity index (χ3n) is 2.59. The molecular weight excluding hydrogens is 285 g/mol. The summed E-state index contributed by atoms with van der Waals surface area (Å²) in [5.41, 5.74) is -0.242. The van der Waals surface area contributed by atoms with Crippen LogP contribution < -0.4 is 4.74 Å². The molecule has 0 saturated heterocycles. The Kier molecular flexibility index (Phi) is 4.42. The summed E-state index contributed by atoms with van der Waals surface area (Å²) in [5, 5.41) is 9.08. The Morgan fingerprint density at radius 3 is 2.19 bits per heavy atom. The molecule has 0 amide bonds. The number of aliphatic hydroxyl groups excluding tert-OH is 1. The van der Waals surface area contributed by atoms with Crippen LogP contribution in [0.5, 0.6) is 5.75 Å². The topological polar surface area (TPSA) is 55.2 Å². The highest BCUT2D eigenvalue weighted by Gasteiger charge is 2.30. The van der Waals surface area contributed by atoms with E-state index in [1.807, 2.05) is 0 Å². The van der Waals surface area contributed by atoms with Gasteiger partial charge in [0.15, 0.2) is 11.6 Å². The van der Waals surface area contributed by atoms with Crippen LogP contribution in [0.1, 0.15) is 12.5 Å². The molecule has 0 bridgehead atoms. The van der Waals surface area contributed by atoms with Crippen molar-refractivity contribution in [1.29, 1.82) is 0 Å². The largest absolute Gasteiger partial charge is 0.488 e. The van der Waals surface area contributed by atoms with Gasteiger partial charge in [-0.15, -0.1) is 0 Å². The van der Waals surface area contributed by atoms with Gasteiger partial charge in [-0.1, -0.05) is 12.1 Å². The molecule has 7 heteroatoms. The van der Waals surface area contributed by atoms with Gasteiger partial charge in [-0.25, -0.2) is 9.97 Å². The Morgan fingerprint density at radius 2 is 1.71 bits per heavy atom. The molecule has 0 aliphatic rings. The third-order valence-corrected chi connectivity index (χ3v) is 2.59. The molecule has 4 nitrogen and oxygen atoms in total. The first-order chi connectivity index (χ1) is 9.86. The van der Waals surface area contributed by atoms with Crippen LogP contribution in [0.4, 0.5) is 13.2 Å². The molecule has 112 valence electrons. The van der Waals surface area contributed by atoms with Gasteiger partial charge in [-0.2, -0.15) is 13.2 Å². The van der Waals surface area contributed by atoms with E-state index in [1.165, 1.54) is 24.5 Å². The average molecular weight is 298 g/mol. The zero-order valence-corrected chi connectivity index (χ0v) is 11.1. The molecule has 1 aromatic carbocycles. The summed E-state index contributed by atoms with van der Waals surface area (Å²) in [5.74, 6) is 0.680. The summed E-state index contributed by atoms with van der Waals surface area (Å²) in [7, 11) is 0. The summed E-state index contributed by atoms with van der Waals surface area (Å²) in [6.07, 6.45) is -2.16. The lowest BCUT2D eigenvalue weighted by Crippen LogP contribution is -2.13. The smallest absolute Gasteiger partial charge is 0.416 e. The Balaban J connectivity index is 2.11. The first-order valence-electron chi connectivity index (χ1n) is 6.17. The van der Waals surface area contributed by atoms with Crippen molar-refractivity contribution in [3.05, 3.63) is 42.2 Å². The van der Waals surface area contributed by atoms with E-state index in [-0.39, 0.29) is 6.61 Å². The minimum atomic E-state index is -4.36. The molecule has 1 N–H and O–H groups in total. The Labute approximate surface area is 119 Å². The highest BCUT2D eigenvalue weighted by Crippen LogP contribution is 2.30. The first kappa shape index (κ1) is 15.2. The summed E-state index contributed by atoms with van der Waals surface area (Å²) < 4.78 is 42.6. The molecule has 0 saturated carbocycles. The van der Waals surface area contributed by atoms with E-state index in [0.717, 1.165) is 12.1 Å². The number of hydrogen-bond donors (Lipinski definition) is 1. The second kappa shape index (κ2) is 6.09. The number of hydrogen-bond acceptors (Lipinski definition) is 4. The third kappa shape index (κ3) is 4.16. The molecule has 2 rings (SSSR count). The number of benzene rings is 1. The van der Waals surface area contributed by atoms with Crippen LogP contribution in [0.2, 0.25) is 0 Å². The molecule has 0 radical (unpaired) electrons. The molecule has 1 aromatic heterocycles. The minimum absolute atomic E-state index is 0.114. The van der Waals surface area contributed by atoms with Crippen molar-refractivity contribution in [3.8, 4) is 17.1 Å². The molecule has 1 unspecified atom stereocenters. The summed E-state index contributed by atoms with van der Waals surface area (Å²) in [6, 6.07) is 4.59. The maximum absolute atomic E-state index is 12.5. The SMILES string of the molecule is CC(O)COc1cnc(-c2ccc(C(F)(F)F)cc2)nc1. The van der Waals surface area contributed by atoms with Crippen LogP contribution in [-0.4, -0.2) is 27.8 Å². The summed E-state index contributed by atoms with van der Waals surface area (Å²) in [6.45, 7) is 1.69. The van der Waals surface area contributed by atoms with Gasteiger partial charge in [0.05, 0.1) is 24.1 Å². The zero-order chi connectivity index (χ0) is 15.5. The zero-order valence-electron chi connectivity index (χ0n) is 11.1. The average Bonchev–Trinajstić information content (AvgIpc) is 2.45. The fourth-order valence-corrected chi connectivity index (χ4v) is 1.56. The van der Waals surface area contributed by atoms with Crippen LogP contribution in [0.15, 0.2) is 36.7 Å². The van der Waals surface area contributed by atoms with Gasteiger partial charge < -0.3 is 9.84 Å². The monoisotopic (exact) mass is 298 g/mol. The van der Waals surface area contributed by atoms with Gasteiger partial charge in [0, 0.05) is 5.56 Å². The van der Waals surface area contributed by atoms with Gasteiger partial charge in [0.2, 0.25) is 0 Å². The number of aromatic nitrogens is 2. The van der Waals surface area contributed by atoms with E-state index in [4.69, 9.17) is 9.84 Å². The summed E-state index contributed by atoms with van der Waals surface area (Å²) in [4.78, 5) is 8.04. The predicted molar refractivity (Wildman–Crippen MR) is 69.6 cm³/mol. The highest BCUT2D eigenvalue weighted by molar-refractivity contribution is 5.55. The van der Waals surface area contributed by atoms with Crippen LogP contribution in [0.3, 0.4) is 0 Å². The molecule has 0 aliphatic carbocycles. The van der Waals surface area contributed by atoms with Crippen molar-refractivity contribution >= 4 is 0 Å². The highest BCUT2D eigenvalue weighted by atomic mass is 19.4. The van der Waals surface area contributed by atoms with E-state index in [1.54, 1.807) is 6.92 Å². The van der Waals surface area contributed by atoms with Crippen molar-refractivity contribution < 1.29 is 23.0 Å². The number of halogens is 3. The van der Waals surface area contributed by atoms with Crippen LogP contribution in [0, 0.1) is 0 Å². The standard InChI is InChI=1S/C14H13F3N2O2/c1-9(20)8-21-12-6-18-13(19-7-12)10-2-4-11(5-3-10)14(15,16)17/h2-7,9,20H,8H2,1H3. The lowest BCUT2D eigenvalue weighted by atomic mass is 10.1. The molecule has 21 heavy (non-hydrogen) atoms. The number of alkyl halides is 3. The molecule has 1 heterocycles. The van der Waals surface area contributed by atoms with E-state index >= 15 is 0 Å². The van der Waals surface area contributed by atoms with Crippen LogP contribution in [0.25, 0.3) is 11.4 Å². The first-order valence-corrected chi connectivity index (χ1v) is 6.17. The predicted octanol–water partition coefficient (Wildman–Crippen LogP) is 2.92. The molecule has 1 atom stereocenters. The number of rotatable bonds is 4. The van der Waals surface area contributed by atoms with E-state index in [9.17, 15) is 13.2 Å². The lowest BCUT2D eigenvalue weighted by Gasteiger charge is -2.08. The molecule has 0 fully saturated rings. The van der Waals surface area contributed by atoms with Crippen LogP contribution in [-0.2, 0) is 6.18 Å². The van der Waals surface area contributed by atoms with Crippen molar-refractivity contribution in [3.63, 3.8) is 0 Å². The van der Waals surface area contributed by atoms with Gasteiger partial charge in [-0.05, 0) is 19.1 Å². The normalized spacial score (nSPS) is 13.0. The lowest BCUT2D eigenvalue weighted by molar-refractivity contribution is -0.137. The van der Waals surface area contributed by atoms with E-state index in [2.05, 4.69) is 9.97 Å². The van der Waals surface area contributed by atoms with E-state index in [0.29, 0.717) is 17.1 Å². The van der Waals surface area contributed by atoms with Crippen LogP contribution >= 0.6 is 0 Å². The summed E-state index contributed by atoms with van der Waals surface area (Å²) >= 11 is 0. The van der Waals surface area contributed by atoms with Gasteiger partial charge in [0.1, 0.15) is 6.61 Å². The Hall–Kier alpha value is -2.15. The minimum Gasteiger partial charge on any atom is -0.488 e. The molecule has 0 aliphatic heterocycles. The number of aliphatic hydroxyl groups is 1. The van der Waals surface area contributed by atoms with Crippen molar-refractivity contribution in [1.82, 2.24) is 9.97 Å². The van der Waals surface area contributed by atoms with Gasteiger partial charge in [0.25, 0.3) is 0 Å². The van der Waals surface area contributed by atoms with E-state index < -0.39 is 17.8 Å². The second-order valence-electron chi connectivity index (χ2n) is 4.48. The second-order valence-corrected chi connectivity index (χ2v) is 4.48.